The Hall–Kier alpha value is -1.88. The van der Waals surface area contributed by atoms with Gasteiger partial charge >= 0.3 is 11.9 Å². The summed E-state index contributed by atoms with van der Waals surface area (Å²) in [5.74, 6) is -1.84. The molecule has 0 aliphatic heterocycles. The minimum Gasteiger partial charge on any atom is -0.463 e. The molecule has 0 aliphatic rings. The van der Waals surface area contributed by atoms with Gasteiger partial charge in [0, 0.05) is 5.92 Å². The topological polar surface area (TPSA) is 61.8 Å². The van der Waals surface area contributed by atoms with E-state index in [9.17, 15) is 9.59 Å². The Morgan fingerprint density at radius 2 is 1.50 bits per heavy atom. The maximum atomic E-state index is 12.4. The van der Waals surface area contributed by atoms with E-state index in [1.54, 1.807) is 27.7 Å². The van der Waals surface area contributed by atoms with Crippen molar-refractivity contribution in [3.05, 3.63) is 35.9 Å². The van der Waals surface area contributed by atoms with Crippen molar-refractivity contribution in [2.75, 3.05) is 13.2 Å². The van der Waals surface area contributed by atoms with Crippen LogP contribution in [0.1, 0.15) is 33.3 Å². The molecule has 0 unspecified atom stereocenters. The van der Waals surface area contributed by atoms with Crippen molar-refractivity contribution in [2.45, 2.75) is 39.9 Å². The first-order valence-corrected chi connectivity index (χ1v) is 7.51. The molecule has 0 aliphatic carbocycles. The Balaban J connectivity index is 3.06. The standard InChI is InChI=1S/C17H24O5/c1-5-20-15(18)17(13(3)4,16(19)21-6-2)22-12-14-10-8-7-9-11-14/h7-11,13H,5-6,12H2,1-4H3. The Morgan fingerprint density at radius 1 is 1.00 bits per heavy atom. The van der Waals surface area contributed by atoms with Gasteiger partial charge in [0.2, 0.25) is 0 Å². The van der Waals surface area contributed by atoms with Gasteiger partial charge in [-0.25, -0.2) is 9.59 Å². The predicted molar refractivity (Wildman–Crippen MR) is 82.1 cm³/mol. The van der Waals surface area contributed by atoms with Gasteiger partial charge in [-0.15, -0.1) is 0 Å². The summed E-state index contributed by atoms with van der Waals surface area (Å²) in [6.07, 6.45) is 0. The van der Waals surface area contributed by atoms with Crippen molar-refractivity contribution >= 4 is 11.9 Å². The number of carbonyl (C=O) groups excluding carboxylic acids is 2. The number of hydrogen-bond acceptors (Lipinski definition) is 5. The normalized spacial score (nSPS) is 11.3. The van der Waals surface area contributed by atoms with Gasteiger partial charge in [-0.2, -0.15) is 0 Å². The zero-order chi connectivity index (χ0) is 16.6. The molecule has 22 heavy (non-hydrogen) atoms. The number of hydrogen-bond donors (Lipinski definition) is 0. The lowest BCUT2D eigenvalue weighted by molar-refractivity contribution is -0.199. The lowest BCUT2D eigenvalue weighted by Crippen LogP contribution is -2.55. The highest BCUT2D eigenvalue weighted by atomic mass is 16.6. The summed E-state index contributed by atoms with van der Waals surface area (Å²) >= 11 is 0. The van der Waals surface area contributed by atoms with Crippen molar-refractivity contribution in [3.8, 4) is 0 Å². The number of rotatable bonds is 8. The third-order valence-electron chi connectivity index (χ3n) is 3.28. The van der Waals surface area contributed by atoms with Gasteiger partial charge in [0.15, 0.2) is 0 Å². The molecule has 0 saturated carbocycles. The zero-order valence-electron chi connectivity index (χ0n) is 13.6. The van der Waals surface area contributed by atoms with Crippen LogP contribution in [0.3, 0.4) is 0 Å². The molecule has 122 valence electrons. The van der Waals surface area contributed by atoms with Gasteiger partial charge in [0.05, 0.1) is 19.8 Å². The Kier molecular flexibility index (Phi) is 7.05. The highest BCUT2D eigenvalue weighted by Crippen LogP contribution is 2.27. The van der Waals surface area contributed by atoms with E-state index in [1.165, 1.54) is 0 Å². The predicted octanol–water partition coefficient (Wildman–Crippen LogP) is 2.72. The molecule has 5 heteroatoms. The Morgan fingerprint density at radius 3 is 1.91 bits per heavy atom. The summed E-state index contributed by atoms with van der Waals surface area (Å²) in [5, 5.41) is 0. The summed E-state index contributed by atoms with van der Waals surface area (Å²) in [6.45, 7) is 7.30. The lowest BCUT2D eigenvalue weighted by atomic mass is 9.89. The molecule has 0 spiro atoms. The third kappa shape index (κ3) is 4.07. The minimum atomic E-state index is -1.75. The first-order chi connectivity index (χ1) is 10.5. The molecule has 0 atom stereocenters. The highest BCUT2D eigenvalue weighted by Gasteiger charge is 2.53. The van der Waals surface area contributed by atoms with Crippen LogP contribution in [0, 0.1) is 5.92 Å². The fraction of sp³-hybridized carbons (Fsp3) is 0.529. The van der Waals surface area contributed by atoms with Crippen LogP contribution in [-0.4, -0.2) is 30.8 Å². The second-order valence-electron chi connectivity index (χ2n) is 5.11. The average Bonchev–Trinajstić information content (AvgIpc) is 2.49. The number of carbonyl (C=O) groups is 2. The van der Waals surface area contributed by atoms with E-state index in [1.807, 2.05) is 30.3 Å². The molecule has 1 rings (SSSR count). The van der Waals surface area contributed by atoms with Crippen LogP contribution in [0.4, 0.5) is 0 Å². The van der Waals surface area contributed by atoms with Crippen molar-refractivity contribution in [1.29, 1.82) is 0 Å². The van der Waals surface area contributed by atoms with Crippen molar-refractivity contribution in [2.24, 2.45) is 5.92 Å². The highest BCUT2D eigenvalue weighted by molar-refractivity contribution is 6.04. The van der Waals surface area contributed by atoms with Crippen LogP contribution in [0.2, 0.25) is 0 Å². The van der Waals surface area contributed by atoms with Gasteiger partial charge in [-0.05, 0) is 19.4 Å². The maximum absolute atomic E-state index is 12.4. The van der Waals surface area contributed by atoms with Crippen molar-refractivity contribution in [1.82, 2.24) is 0 Å². The van der Waals surface area contributed by atoms with Crippen LogP contribution >= 0.6 is 0 Å². The maximum Gasteiger partial charge on any atom is 0.350 e. The van der Waals surface area contributed by atoms with Crippen LogP contribution < -0.4 is 0 Å². The number of ether oxygens (including phenoxy) is 3. The van der Waals surface area contributed by atoms with E-state index < -0.39 is 23.5 Å². The zero-order valence-corrected chi connectivity index (χ0v) is 13.6. The largest absolute Gasteiger partial charge is 0.463 e. The molecular weight excluding hydrogens is 284 g/mol. The smallest absolute Gasteiger partial charge is 0.350 e. The molecule has 1 aromatic carbocycles. The molecule has 0 bridgehead atoms. The quantitative estimate of drug-likeness (QED) is 0.546. The van der Waals surface area contributed by atoms with E-state index in [-0.39, 0.29) is 19.8 Å². The average molecular weight is 308 g/mol. The van der Waals surface area contributed by atoms with E-state index in [2.05, 4.69) is 0 Å². The lowest BCUT2D eigenvalue weighted by Gasteiger charge is -2.32. The molecule has 1 aromatic rings. The molecule has 0 N–H and O–H groups in total. The molecule has 0 radical (unpaired) electrons. The van der Waals surface area contributed by atoms with E-state index in [4.69, 9.17) is 14.2 Å². The summed E-state index contributed by atoms with van der Waals surface area (Å²) in [7, 11) is 0. The Bertz CT molecular complexity index is 463. The molecule has 0 saturated heterocycles. The number of benzene rings is 1. The fourth-order valence-electron chi connectivity index (χ4n) is 2.09. The first kappa shape index (κ1) is 18.2. The van der Waals surface area contributed by atoms with Crippen LogP contribution in [0.25, 0.3) is 0 Å². The summed E-state index contributed by atoms with van der Waals surface area (Å²) in [5.41, 5.74) is -0.886. The number of esters is 2. The third-order valence-corrected chi connectivity index (χ3v) is 3.28. The Labute approximate surface area is 131 Å². The van der Waals surface area contributed by atoms with Gasteiger partial charge in [-0.1, -0.05) is 44.2 Å². The SMILES string of the molecule is CCOC(=O)C(OCc1ccccc1)(C(=O)OCC)C(C)C. The van der Waals surface area contributed by atoms with E-state index >= 15 is 0 Å². The first-order valence-electron chi connectivity index (χ1n) is 7.51. The van der Waals surface area contributed by atoms with Crippen LogP contribution in [-0.2, 0) is 30.4 Å². The summed E-state index contributed by atoms with van der Waals surface area (Å²) < 4.78 is 15.9. The summed E-state index contributed by atoms with van der Waals surface area (Å²) in [6, 6.07) is 9.34. The van der Waals surface area contributed by atoms with Gasteiger partial charge in [0.1, 0.15) is 0 Å². The van der Waals surface area contributed by atoms with Crippen molar-refractivity contribution < 1.29 is 23.8 Å². The molecule has 0 fully saturated rings. The molecule has 0 heterocycles. The van der Waals surface area contributed by atoms with Gasteiger partial charge in [0.25, 0.3) is 5.60 Å². The summed E-state index contributed by atoms with van der Waals surface area (Å²) in [4.78, 5) is 24.8. The monoisotopic (exact) mass is 308 g/mol. The van der Waals surface area contributed by atoms with Gasteiger partial charge in [-0.3, -0.25) is 0 Å². The van der Waals surface area contributed by atoms with Crippen molar-refractivity contribution in [3.63, 3.8) is 0 Å². The van der Waals surface area contributed by atoms with E-state index in [0.29, 0.717) is 0 Å². The van der Waals surface area contributed by atoms with Crippen LogP contribution in [0.15, 0.2) is 30.3 Å². The minimum absolute atomic E-state index is 0.122. The fourth-order valence-corrected chi connectivity index (χ4v) is 2.09. The van der Waals surface area contributed by atoms with E-state index in [0.717, 1.165) is 5.56 Å². The second kappa shape index (κ2) is 8.54. The molecule has 0 aromatic heterocycles. The molecule has 5 nitrogen and oxygen atoms in total. The van der Waals surface area contributed by atoms with Gasteiger partial charge < -0.3 is 14.2 Å². The molecular formula is C17H24O5. The van der Waals surface area contributed by atoms with Crippen LogP contribution in [0.5, 0.6) is 0 Å². The molecule has 0 amide bonds. The second-order valence-corrected chi connectivity index (χ2v) is 5.11.